The van der Waals surface area contributed by atoms with Gasteiger partial charge in [-0.2, -0.15) is 0 Å². The Labute approximate surface area is 188 Å². The van der Waals surface area contributed by atoms with Gasteiger partial charge in [0.2, 0.25) is 0 Å². The molecular formula is C31H32. The van der Waals surface area contributed by atoms with Crippen molar-refractivity contribution in [3.63, 3.8) is 0 Å². The van der Waals surface area contributed by atoms with Crippen LogP contribution in [0.5, 0.6) is 0 Å². The number of rotatable bonds is 5. The van der Waals surface area contributed by atoms with Gasteiger partial charge in [-0.15, -0.1) is 6.58 Å². The van der Waals surface area contributed by atoms with Gasteiger partial charge in [-0.3, -0.25) is 0 Å². The highest BCUT2D eigenvalue weighted by atomic mass is 14.3. The van der Waals surface area contributed by atoms with Crippen LogP contribution < -0.4 is 0 Å². The summed E-state index contributed by atoms with van der Waals surface area (Å²) in [6, 6.07) is 26.7. The lowest BCUT2D eigenvalue weighted by Crippen LogP contribution is -2.12. The van der Waals surface area contributed by atoms with Gasteiger partial charge in [0.25, 0.3) is 0 Å². The van der Waals surface area contributed by atoms with E-state index in [1.807, 2.05) is 6.08 Å². The quantitative estimate of drug-likeness (QED) is 0.299. The summed E-state index contributed by atoms with van der Waals surface area (Å²) in [5.74, 6) is 7.97. The number of hydrogen-bond acceptors (Lipinski definition) is 0. The molecule has 0 heterocycles. The van der Waals surface area contributed by atoms with Crippen molar-refractivity contribution in [2.24, 2.45) is 0 Å². The first-order chi connectivity index (χ1) is 15.2. The fraction of sp³-hybridized carbons (Fsp3) is 0.290. The Balaban J connectivity index is 1.32. The summed E-state index contributed by atoms with van der Waals surface area (Å²) in [6.45, 7) is 5.92. The predicted molar refractivity (Wildman–Crippen MR) is 133 cm³/mol. The van der Waals surface area contributed by atoms with Crippen LogP contribution in [0.3, 0.4) is 0 Å². The van der Waals surface area contributed by atoms with E-state index in [2.05, 4.69) is 98.1 Å². The summed E-state index contributed by atoms with van der Waals surface area (Å²) < 4.78 is 0. The fourth-order valence-corrected chi connectivity index (χ4v) is 4.61. The lowest BCUT2D eigenvalue weighted by atomic mass is 9.76. The first kappa shape index (κ1) is 21.2. The van der Waals surface area contributed by atoms with Crippen molar-refractivity contribution in [3.8, 4) is 11.8 Å². The smallest absolute Gasteiger partial charge is 0.0249 e. The Morgan fingerprint density at radius 2 is 1.16 bits per heavy atom. The van der Waals surface area contributed by atoms with Crippen molar-refractivity contribution in [1.82, 2.24) is 0 Å². The van der Waals surface area contributed by atoms with E-state index in [1.54, 1.807) is 0 Å². The molecule has 1 saturated carbocycles. The Morgan fingerprint density at radius 1 is 0.710 bits per heavy atom. The minimum Gasteiger partial charge on any atom is -0.103 e. The molecule has 0 radical (unpaired) electrons. The van der Waals surface area contributed by atoms with Crippen LogP contribution in [0.4, 0.5) is 0 Å². The average Bonchev–Trinajstić information content (AvgIpc) is 2.83. The molecule has 4 rings (SSSR count). The fourth-order valence-electron chi connectivity index (χ4n) is 4.61. The van der Waals surface area contributed by atoms with Crippen LogP contribution >= 0.6 is 0 Å². The van der Waals surface area contributed by atoms with Crippen molar-refractivity contribution in [2.75, 3.05) is 0 Å². The van der Waals surface area contributed by atoms with Crippen LogP contribution in [-0.2, 0) is 6.42 Å². The highest BCUT2D eigenvalue weighted by Gasteiger charge is 2.23. The molecule has 0 N–H and O–H groups in total. The van der Waals surface area contributed by atoms with E-state index in [4.69, 9.17) is 0 Å². The van der Waals surface area contributed by atoms with Gasteiger partial charge in [-0.25, -0.2) is 0 Å². The summed E-state index contributed by atoms with van der Waals surface area (Å²) in [7, 11) is 0. The van der Waals surface area contributed by atoms with Gasteiger partial charge in [0.1, 0.15) is 0 Å². The van der Waals surface area contributed by atoms with Crippen LogP contribution in [-0.4, -0.2) is 0 Å². The summed E-state index contributed by atoms with van der Waals surface area (Å²) >= 11 is 0. The molecule has 0 atom stereocenters. The molecule has 0 spiro atoms. The highest BCUT2D eigenvalue weighted by Crippen LogP contribution is 2.40. The first-order valence-electron chi connectivity index (χ1n) is 11.6. The van der Waals surface area contributed by atoms with E-state index >= 15 is 0 Å². The second-order valence-electron chi connectivity index (χ2n) is 8.86. The molecule has 31 heavy (non-hydrogen) atoms. The third kappa shape index (κ3) is 5.77. The largest absolute Gasteiger partial charge is 0.103 e. The van der Waals surface area contributed by atoms with E-state index in [0.29, 0.717) is 11.8 Å². The van der Waals surface area contributed by atoms with Crippen molar-refractivity contribution >= 4 is 0 Å². The molecule has 156 valence electrons. The zero-order valence-corrected chi connectivity index (χ0v) is 18.6. The second kappa shape index (κ2) is 10.3. The third-order valence-corrected chi connectivity index (χ3v) is 6.60. The van der Waals surface area contributed by atoms with E-state index in [1.165, 1.54) is 47.9 Å². The number of allylic oxidation sites excluding steroid dienone is 1. The minimum atomic E-state index is 0.683. The maximum atomic E-state index is 3.82. The van der Waals surface area contributed by atoms with Gasteiger partial charge in [0, 0.05) is 11.1 Å². The van der Waals surface area contributed by atoms with Gasteiger partial charge in [-0.05, 0) is 98.2 Å². The van der Waals surface area contributed by atoms with Crippen molar-refractivity contribution in [1.29, 1.82) is 0 Å². The van der Waals surface area contributed by atoms with Gasteiger partial charge in [0.15, 0.2) is 0 Å². The Morgan fingerprint density at radius 3 is 1.65 bits per heavy atom. The topological polar surface area (TPSA) is 0 Å². The van der Waals surface area contributed by atoms with Crippen LogP contribution in [0, 0.1) is 18.8 Å². The summed E-state index contributed by atoms with van der Waals surface area (Å²) in [6.07, 6.45) is 9.27. The van der Waals surface area contributed by atoms with E-state index in [0.717, 1.165) is 24.0 Å². The van der Waals surface area contributed by atoms with E-state index < -0.39 is 0 Å². The summed E-state index contributed by atoms with van der Waals surface area (Å²) in [4.78, 5) is 0. The van der Waals surface area contributed by atoms with Crippen LogP contribution in [0.25, 0.3) is 0 Å². The van der Waals surface area contributed by atoms with Gasteiger partial charge in [-0.1, -0.05) is 72.0 Å². The lowest BCUT2D eigenvalue weighted by Gasteiger charge is -2.29. The van der Waals surface area contributed by atoms with Crippen LogP contribution in [0.2, 0.25) is 0 Å². The zero-order valence-electron chi connectivity index (χ0n) is 18.6. The van der Waals surface area contributed by atoms with Crippen molar-refractivity contribution in [3.05, 3.63) is 119 Å². The van der Waals surface area contributed by atoms with Crippen LogP contribution in [0.15, 0.2) is 85.5 Å². The van der Waals surface area contributed by atoms with Crippen molar-refractivity contribution < 1.29 is 0 Å². The average molecular weight is 405 g/mol. The molecule has 0 heteroatoms. The molecule has 0 bridgehead atoms. The molecule has 3 aromatic carbocycles. The summed E-state index contributed by atoms with van der Waals surface area (Å²) in [5.41, 5.74) is 7.84. The molecule has 0 aliphatic heterocycles. The molecule has 1 aliphatic carbocycles. The maximum Gasteiger partial charge on any atom is 0.0249 e. The Kier molecular flexibility index (Phi) is 7.06. The van der Waals surface area contributed by atoms with Crippen molar-refractivity contribution in [2.45, 2.75) is 57.3 Å². The van der Waals surface area contributed by atoms with Gasteiger partial charge < -0.3 is 0 Å². The Hall–Kier alpha value is -3.04. The summed E-state index contributed by atoms with van der Waals surface area (Å²) in [5, 5.41) is 0. The molecule has 0 unspecified atom stereocenters. The zero-order chi connectivity index (χ0) is 21.5. The van der Waals surface area contributed by atoms with Gasteiger partial charge >= 0.3 is 0 Å². The predicted octanol–water partition coefficient (Wildman–Crippen LogP) is 7.95. The molecule has 3 aromatic rings. The third-order valence-electron chi connectivity index (χ3n) is 6.60. The monoisotopic (exact) mass is 404 g/mol. The molecular weight excluding hydrogens is 372 g/mol. The standard InChI is InChI=1S/C31H32/c1-3-4-5-25-12-16-28(17-13-25)30-20-22-31(23-21-30)29-18-14-27(15-19-29)11-10-26-8-6-24(2)7-9-26/h3,6-9,12-19,30-31H,1,4-5,20-23H2,2H3/t30-,31-. The number of hydrogen-bond donors (Lipinski definition) is 0. The van der Waals surface area contributed by atoms with E-state index in [-0.39, 0.29) is 0 Å². The number of aryl methyl sites for hydroxylation is 2. The normalized spacial score (nSPS) is 18.1. The van der Waals surface area contributed by atoms with Crippen LogP contribution in [0.1, 0.15) is 77.3 Å². The van der Waals surface area contributed by atoms with E-state index in [9.17, 15) is 0 Å². The minimum absolute atomic E-state index is 0.683. The molecule has 0 nitrogen and oxygen atoms in total. The molecule has 1 aliphatic rings. The molecule has 0 aromatic heterocycles. The maximum absolute atomic E-state index is 3.82. The lowest BCUT2D eigenvalue weighted by molar-refractivity contribution is 0.396. The molecule has 0 amide bonds. The SMILES string of the molecule is C=CCCc1ccc([C@H]2CC[C@H](c3ccc(C#Cc4ccc(C)cc4)cc3)CC2)cc1. The number of benzene rings is 3. The first-order valence-corrected chi connectivity index (χ1v) is 11.6. The molecule has 0 saturated heterocycles. The van der Waals surface area contributed by atoms with Gasteiger partial charge in [0.05, 0.1) is 0 Å². The second-order valence-corrected chi connectivity index (χ2v) is 8.86. The molecule has 1 fully saturated rings. The highest BCUT2D eigenvalue weighted by molar-refractivity contribution is 5.44. The Bertz CT molecular complexity index is 1030.